The molecule has 0 aliphatic carbocycles. The summed E-state index contributed by atoms with van der Waals surface area (Å²) in [5.74, 6) is -0.417. The lowest BCUT2D eigenvalue weighted by Crippen LogP contribution is -2.18. The first-order valence-corrected chi connectivity index (χ1v) is 8.67. The fourth-order valence-corrected chi connectivity index (χ4v) is 3.12. The van der Waals surface area contributed by atoms with Crippen LogP contribution in [0, 0.1) is 0 Å². The van der Waals surface area contributed by atoms with Crippen LogP contribution in [0.1, 0.15) is 6.42 Å². The van der Waals surface area contributed by atoms with Crippen molar-refractivity contribution in [3.05, 3.63) is 52.6 Å². The number of nitrogens with one attached hydrogen (secondary N) is 1. The number of rotatable bonds is 5. The minimum atomic E-state index is -3.53. The van der Waals surface area contributed by atoms with Gasteiger partial charge in [-0.05, 0) is 36.4 Å². The molecule has 5 nitrogen and oxygen atoms in total. The summed E-state index contributed by atoms with van der Waals surface area (Å²) >= 11 is 11.4. The summed E-state index contributed by atoms with van der Waals surface area (Å²) < 4.78 is 24.2. The van der Waals surface area contributed by atoms with Crippen LogP contribution in [-0.4, -0.2) is 25.1 Å². The molecular weight excluding hydrogens is 347 g/mol. The Kier molecular flexibility index (Phi) is 5.39. The van der Waals surface area contributed by atoms with Crippen molar-refractivity contribution in [1.82, 2.24) is 4.98 Å². The lowest BCUT2D eigenvalue weighted by Gasteiger charge is -2.06. The molecule has 1 N–H and O–H groups in total. The Bertz CT molecular complexity index is 760. The maximum atomic E-state index is 12.1. The number of pyridine rings is 1. The van der Waals surface area contributed by atoms with E-state index in [1.54, 1.807) is 6.07 Å². The first-order valence-electron chi connectivity index (χ1n) is 6.26. The van der Waals surface area contributed by atoms with Crippen LogP contribution in [0.4, 0.5) is 5.82 Å². The first kappa shape index (κ1) is 16.7. The SMILES string of the molecule is O=C(CCS(=O)(=O)c1ccc(Cl)cc1)Nc1ccc(Cl)cn1. The Hall–Kier alpha value is -1.63. The number of halogens is 2. The number of benzene rings is 1. The highest BCUT2D eigenvalue weighted by Gasteiger charge is 2.16. The average Bonchev–Trinajstić information content (AvgIpc) is 2.48. The number of sulfone groups is 1. The summed E-state index contributed by atoms with van der Waals surface area (Å²) in [5.41, 5.74) is 0. The van der Waals surface area contributed by atoms with Crippen LogP contribution < -0.4 is 5.32 Å². The number of aromatic nitrogens is 1. The van der Waals surface area contributed by atoms with Gasteiger partial charge >= 0.3 is 0 Å². The van der Waals surface area contributed by atoms with Crippen molar-refractivity contribution in [3.63, 3.8) is 0 Å². The first-order chi connectivity index (χ1) is 10.4. The van der Waals surface area contributed by atoms with Gasteiger partial charge in [0.25, 0.3) is 0 Å². The fraction of sp³-hybridized carbons (Fsp3) is 0.143. The molecule has 0 aliphatic rings. The van der Waals surface area contributed by atoms with Gasteiger partial charge in [0.15, 0.2) is 9.84 Å². The van der Waals surface area contributed by atoms with Crippen LogP contribution in [0.15, 0.2) is 47.5 Å². The van der Waals surface area contributed by atoms with Crippen molar-refractivity contribution in [2.45, 2.75) is 11.3 Å². The number of amides is 1. The highest BCUT2D eigenvalue weighted by molar-refractivity contribution is 7.91. The van der Waals surface area contributed by atoms with Crippen molar-refractivity contribution < 1.29 is 13.2 Å². The highest BCUT2D eigenvalue weighted by atomic mass is 35.5. The molecule has 0 saturated carbocycles. The maximum absolute atomic E-state index is 12.1. The number of nitrogens with zero attached hydrogens (tertiary/aromatic N) is 1. The molecule has 0 spiro atoms. The van der Waals surface area contributed by atoms with Crippen LogP contribution in [-0.2, 0) is 14.6 Å². The number of anilines is 1. The number of hydrogen-bond donors (Lipinski definition) is 1. The molecule has 0 radical (unpaired) electrons. The zero-order valence-electron chi connectivity index (χ0n) is 11.3. The summed E-state index contributed by atoms with van der Waals surface area (Å²) in [6.07, 6.45) is 1.22. The van der Waals surface area contributed by atoms with Gasteiger partial charge in [0.1, 0.15) is 5.82 Å². The Labute approximate surface area is 138 Å². The smallest absolute Gasteiger partial charge is 0.226 e. The van der Waals surface area contributed by atoms with Crippen LogP contribution >= 0.6 is 23.2 Å². The van der Waals surface area contributed by atoms with Gasteiger partial charge in [-0.1, -0.05) is 23.2 Å². The summed E-state index contributed by atoms with van der Waals surface area (Å²) in [6, 6.07) is 8.92. The fourth-order valence-electron chi connectivity index (χ4n) is 1.64. The predicted octanol–water partition coefficient (Wildman–Crippen LogP) is 3.19. The second-order valence-corrected chi connectivity index (χ2v) is 7.41. The van der Waals surface area contributed by atoms with Gasteiger partial charge in [-0.2, -0.15) is 0 Å². The van der Waals surface area contributed by atoms with Gasteiger partial charge in [0, 0.05) is 17.6 Å². The molecule has 1 aromatic heterocycles. The van der Waals surface area contributed by atoms with Gasteiger partial charge < -0.3 is 5.32 Å². The van der Waals surface area contributed by atoms with E-state index in [1.807, 2.05) is 0 Å². The Balaban J connectivity index is 1.95. The average molecular weight is 359 g/mol. The molecule has 0 unspecified atom stereocenters. The van der Waals surface area contributed by atoms with Crippen LogP contribution in [0.5, 0.6) is 0 Å². The second kappa shape index (κ2) is 7.09. The van der Waals surface area contributed by atoms with E-state index in [1.165, 1.54) is 36.5 Å². The Morgan fingerprint density at radius 3 is 2.27 bits per heavy atom. The predicted molar refractivity (Wildman–Crippen MR) is 86.0 cm³/mol. The molecule has 0 bridgehead atoms. The quantitative estimate of drug-likeness (QED) is 0.890. The van der Waals surface area contributed by atoms with E-state index in [9.17, 15) is 13.2 Å². The van der Waals surface area contributed by atoms with Crippen LogP contribution in [0.3, 0.4) is 0 Å². The molecule has 2 aromatic rings. The molecule has 1 heterocycles. The summed E-state index contributed by atoms with van der Waals surface area (Å²) in [6.45, 7) is 0. The lowest BCUT2D eigenvalue weighted by molar-refractivity contribution is -0.115. The largest absolute Gasteiger partial charge is 0.311 e. The van der Waals surface area contributed by atoms with Crippen molar-refractivity contribution >= 4 is 44.8 Å². The monoisotopic (exact) mass is 358 g/mol. The third-order valence-corrected chi connectivity index (χ3v) is 4.97. The van der Waals surface area contributed by atoms with Gasteiger partial charge in [0.05, 0.1) is 15.7 Å². The molecular formula is C14H12Cl2N2O3S. The molecule has 0 atom stereocenters. The third-order valence-electron chi connectivity index (χ3n) is 2.77. The summed E-state index contributed by atoms with van der Waals surface area (Å²) in [7, 11) is -3.53. The molecule has 2 rings (SSSR count). The van der Waals surface area contributed by atoms with E-state index in [4.69, 9.17) is 23.2 Å². The van der Waals surface area contributed by atoms with Crippen LogP contribution in [0.2, 0.25) is 10.0 Å². The summed E-state index contributed by atoms with van der Waals surface area (Å²) in [4.78, 5) is 15.8. The van der Waals surface area contributed by atoms with E-state index >= 15 is 0 Å². The van der Waals surface area contributed by atoms with Crippen LogP contribution in [0.25, 0.3) is 0 Å². The zero-order valence-corrected chi connectivity index (χ0v) is 13.6. The van der Waals surface area contributed by atoms with Gasteiger partial charge in [-0.25, -0.2) is 13.4 Å². The standard InChI is InChI=1S/C14H12Cl2N2O3S/c15-10-1-4-12(5-2-10)22(20,21)8-7-14(19)18-13-6-3-11(16)9-17-13/h1-6,9H,7-8H2,(H,17,18,19). The second-order valence-electron chi connectivity index (χ2n) is 4.43. The number of carbonyl (C=O) groups is 1. The molecule has 0 aliphatic heterocycles. The minimum Gasteiger partial charge on any atom is -0.311 e. The normalized spacial score (nSPS) is 11.2. The van der Waals surface area contributed by atoms with Crippen molar-refractivity contribution in [2.75, 3.05) is 11.1 Å². The maximum Gasteiger partial charge on any atom is 0.226 e. The molecule has 22 heavy (non-hydrogen) atoms. The topological polar surface area (TPSA) is 76.1 Å². The highest BCUT2D eigenvalue weighted by Crippen LogP contribution is 2.16. The molecule has 8 heteroatoms. The number of carbonyl (C=O) groups excluding carboxylic acids is 1. The van der Waals surface area contributed by atoms with Gasteiger partial charge in [-0.3, -0.25) is 4.79 Å². The van der Waals surface area contributed by atoms with E-state index < -0.39 is 15.7 Å². The van der Waals surface area contributed by atoms with E-state index in [0.717, 1.165) is 0 Å². The van der Waals surface area contributed by atoms with Crippen molar-refractivity contribution in [3.8, 4) is 0 Å². The van der Waals surface area contributed by atoms with Crippen molar-refractivity contribution in [2.24, 2.45) is 0 Å². The van der Waals surface area contributed by atoms with E-state index in [2.05, 4.69) is 10.3 Å². The molecule has 1 aromatic carbocycles. The summed E-state index contributed by atoms with van der Waals surface area (Å²) in [5, 5.41) is 3.41. The Morgan fingerprint density at radius 2 is 1.68 bits per heavy atom. The minimum absolute atomic E-state index is 0.134. The number of hydrogen-bond acceptors (Lipinski definition) is 4. The molecule has 0 fully saturated rings. The molecule has 1 amide bonds. The molecule has 0 saturated heterocycles. The van der Waals surface area contributed by atoms with Crippen molar-refractivity contribution in [1.29, 1.82) is 0 Å². The van der Waals surface area contributed by atoms with E-state index in [-0.39, 0.29) is 17.1 Å². The van der Waals surface area contributed by atoms with Gasteiger partial charge in [-0.15, -0.1) is 0 Å². The van der Waals surface area contributed by atoms with Gasteiger partial charge in [0.2, 0.25) is 5.91 Å². The Morgan fingerprint density at radius 1 is 1.05 bits per heavy atom. The zero-order chi connectivity index (χ0) is 16.2. The van der Waals surface area contributed by atoms with E-state index in [0.29, 0.717) is 15.9 Å². The lowest BCUT2D eigenvalue weighted by atomic mass is 10.4. The third kappa shape index (κ3) is 4.69. The molecule has 116 valence electrons.